The van der Waals surface area contributed by atoms with Gasteiger partial charge in [0, 0.05) is 16.4 Å². The largest absolute Gasteiger partial charge is 0.322 e. The van der Waals surface area contributed by atoms with Crippen molar-refractivity contribution in [3.8, 4) is 0 Å². The van der Waals surface area contributed by atoms with Crippen LogP contribution in [0.2, 0.25) is 0 Å². The summed E-state index contributed by atoms with van der Waals surface area (Å²) in [5.74, 6) is -0.0622. The van der Waals surface area contributed by atoms with Gasteiger partial charge < -0.3 is 5.32 Å². The quantitative estimate of drug-likeness (QED) is 0.855. The second-order valence-corrected chi connectivity index (χ2v) is 4.64. The Morgan fingerprint density at radius 2 is 2.00 bits per heavy atom. The lowest BCUT2D eigenvalue weighted by molar-refractivity contribution is 0.102. The van der Waals surface area contributed by atoms with Gasteiger partial charge in [-0.3, -0.25) is 4.79 Å². The average Bonchev–Trinajstić information content (AvgIpc) is 2.83. The highest BCUT2D eigenvalue weighted by Gasteiger charge is 2.05. The predicted octanol–water partition coefficient (Wildman–Crippen LogP) is 3.90. The van der Waals surface area contributed by atoms with Crippen molar-refractivity contribution in [1.82, 2.24) is 0 Å². The summed E-state index contributed by atoms with van der Waals surface area (Å²) in [6, 6.07) is 9.59. The molecule has 0 aliphatic carbocycles. The first-order chi connectivity index (χ1) is 7.79. The van der Waals surface area contributed by atoms with Gasteiger partial charge in [-0.1, -0.05) is 28.1 Å². The third-order valence-electron chi connectivity index (χ3n) is 2.15. The lowest BCUT2D eigenvalue weighted by Crippen LogP contribution is -2.10. The summed E-state index contributed by atoms with van der Waals surface area (Å²) in [5, 5.41) is 7.40. The Labute approximate surface area is 106 Å². The molecule has 0 bridgehead atoms. The van der Waals surface area contributed by atoms with E-state index in [-0.39, 0.29) is 5.91 Å². The number of thiophene rings is 1. The van der Waals surface area contributed by atoms with Gasteiger partial charge >= 0.3 is 0 Å². The van der Waals surface area contributed by atoms with Crippen LogP contribution in [-0.2, 0) is 5.33 Å². The molecule has 1 aromatic heterocycles. The molecule has 0 radical (unpaired) electrons. The van der Waals surface area contributed by atoms with Crippen molar-refractivity contribution >= 4 is 38.9 Å². The molecule has 2 nitrogen and oxygen atoms in total. The second-order valence-electron chi connectivity index (χ2n) is 3.30. The van der Waals surface area contributed by atoms with Crippen LogP contribution in [-0.4, -0.2) is 5.91 Å². The van der Waals surface area contributed by atoms with Crippen LogP contribution in [0, 0.1) is 0 Å². The van der Waals surface area contributed by atoms with E-state index in [2.05, 4.69) is 21.2 Å². The minimum atomic E-state index is -0.0622. The number of anilines is 1. The summed E-state index contributed by atoms with van der Waals surface area (Å²) in [6.45, 7) is 0. The molecule has 16 heavy (non-hydrogen) atoms. The minimum absolute atomic E-state index is 0.0622. The molecule has 0 spiro atoms. The third kappa shape index (κ3) is 2.71. The highest BCUT2D eigenvalue weighted by Crippen LogP contribution is 2.14. The molecule has 0 aliphatic rings. The Hall–Kier alpha value is -1.13. The number of nitrogens with one attached hydrogen (secondary N) is 1. The van der Waals surface area contributed by atoms with Crippen LogP contribution in [0.15, 0.2) is 41.1 Å². The summed E-state index contributed by atoms with van der Waals surface area (Å²) in [6.07, 6.45) is 0. The van der Waals surface area contributed by atoms with Crippen molar-refractivity contribution in [3.05, 3.63) is 52.2 Å². The molecule has 1 amide bonds. The fourth-order valence-electron chi connectivity index (χ4n) is 1.27. The zero-order valence-electron chi connectivity index (χ0n) is 8.44. The fraction of sp³-hybridized carbons (Fsp3) is 0.0833. The molecule has 1 aromatic carbocycles. The number of benzene rings is 1. The number of carbonyl (C=O) groups excluding carboxylic acids is 1. The molecule has 0 atom stereocenters. The molecule has 0 aliphatic heterocycles. The Balaban J connectivity index is 2.06. The van der Waals surface area contributed by atoms with E-state index in [0.717, 1.165) is 11.0 Å². The molecule has 82 valence electrons. The Morgan fingerprint density at radius 3 is 2.56 bits per heavy atom. The topological polar surface area (TPSA) is 29.1 Å². The summed E-state index contributed by atoms with van der Waals surface area (Å²) in [7, 11) is 0. The number of alkyl halides is 1. The zero-order valence-corrected chi connectivity index (χ0v) is 10.8. The second kappa shape index (κ2) is 5.27. The molecule has 0 saturated heterocycles. The molecule has 0 unspecified atom stereocenters. The summed E-state index contributed by atoms with van der Waals surface area (Å²) in [5.41, 5.74) is 2.71. The molecule has 4 heteroatoms. The van der Waals surface area contributed by atoms with Gasteiger partial charge in [-0.05, 0) is 29.1 Å². The van der Waals surface area contributed by atoms with Gasteiger partial charge in [0.25, 0.3) is 5.91 Å². The molecule has 2 aromatic rings. The normalized spacial score (nSPS) is 10.1. The van der Waals surface area contributed by atoms with Gasteiger partial charge in [0.15, 0.2) is 0 Å². The number of amides is 1. The molecule has 0 saturated carbocycles. The maximum absolute atomic E-state index is 11.7. The van der Waals surface area contributed by atoms with Crippen LogP contribution in [0.1, 0.15) is 15.9 Å². The Bertz CT molecular complexity index is 464. The van der Waals surface area contributed by atoms with E-state index in [9.17, 15) is 4.79 Å². The zero-order chi connectivity index (χ0) is 11.4. The Kier molecular flexibility index (Phi) is 3.74. The standard InChI is InChI=1S/C12H10BrNOS/c13-7-9-1-3-11(4-2-9)14-12(15)10-5-6-16-8-10/h1-6,8H,7H2,(H,14,15). The van der Waals surface area contributed by atoms with Crippen molar-refractivity contribution in [2.75, 3.05) is 5.32 Å². The maximum atomic E-state index is 11.7. The first-order valence-corrected chi connectivity index (χ1v) is 6.84. The van der Waals surface area contributed by atoms with E-state index in [1.807, 2.05) is 41.1 Å². The van der Waals surface area contributed by atoms with Crippen molar-refractivity contribution < 1.29 is 4.79 Å². The van der Waals surface area contributed by atoms with Crippen molar-refractivity contribution in [2.24, 2.45) is 0 Å². The smallest absolute Gasteiger partial charge is 0.256 e. The van der Waals surface area contributed by atoms with Crippen LogP contribution in [0.5, 0.6) is 0 Å². The monoisotopic (exact) mass is 295 g/mol. The molecule has 2 rings (SSSR count). The SMILES string of the molecule is O=C(Nc1ccc(CBr)cc1)c1ccsc1. The van der Waals surface area contributed by atoms with Crippen LogP contribution in [0.3, 0.4) is 0 Å². The number of halogens is 1. The first-order valence-electron chi connectivity index (χ1n) is 4.78. The first kappa shape index (κ1) is 11.4. The van der Waals surface area contributed by atoms with Gasteiger partial charge in [-0.15, -0.1) is 0 Å². The van der Waals surface area contributed by atoms with Gasteiger partial charge in [-0.2, -0.15) is 11.3 Å². The molecule has 1 heterocycles. The van der Waals surface area contributed by atoms with Crippen molar-refractivity contribution in [3.63, 3.8) is 0 Å². The third-order valence-corrected chi connectivity index (χ3v) is 3.48. The highest BCUT2D eigenvalue weighted by atomic mass is 79.9. The van der Waals surface area contributed by atoms with E-state index < -0.39 is 0 Å². The number of hydrogen-bond donors (Lipinski definition) is 1. The van der Waals surface area contributed by atoms with Crippen molar-refractivity contribution in [2.45, 2.75) is 5.33 Å². The van der Waals surface area contributed by atoms with E-state index in [1.54, 1.807) is 0 Å². The lowest BCUT2D eigenvalue weighted by atomic mass is 10.2. The molecular weight excluding hydrogens is 286 g/mol. The van der Waals surface area contributed by atoms with Crippen LogP contribution in [0.25, 0.3) is 0 Å². The fourth-order valence-corrected chi connectivity index (χ4v) is 2.28. The Morgan fingerprint density at radius 1 is 1.25 bits per heavy atom. The number of carbonyl (C=O) groups is 1. The van der Waals surface area contributed by atoms with Crippen LogP contribution < -0.4 is 5.32 Å². The number of hydrogen-bond acceptors (Lipinski definition) is 2. The van der Waals surface area contributed by atoms with Crippen LogP contribution in [0.4, 0.5) is 5.69 Å². The van der Waals surface area contributed by atoms with Crippen molar-refractivity contribution in [1.29, 1.82) is 0 Å². The lowest BCUT2D eigenvalue weighted by Gasteiger charge is -2.04. The van der Waals surface area contributed by atoms with Gasteiger partial charge in [0.1, 0.15) is 0 Å². The predicted molar refractivity (Wildman–Crippen MR) is 71.3 cm³/mol. The molecule has 1 N–H and O–H groups in total. The molecular formula is C12H10BrNOS. The number of rotatable bonds is 3. The van der Waals surface area contributed by atoms with Gasteiger partial charge in [-0.25, -0.2) is 0 Å². The van der Waals surface area contributed by atoms with E-state index >= 15 is 0 Å². The van der Waals surface area contributed by atoms with Crippen LogP contribution >= 0.6 is 27.3 Å². The summed E-state index contributed by atoms with van der Waals surface area (Å²) >= 11 is 4.90. The van der Waals surface area contributed by atoms with Gasteiger partial charge in [0.05, 0.1) is 5.56 Å². The highest BCUT2D eigenvalue weighted by molar-refractivity contribution is 9.08. The summed E-state index contributed by atoms with van der Waals surface area (Å²) in [4.78, 5) is 11.7. The van der Waals surface area contributed by atoms with Gasteiger partial charge in [0.2, 0.25) is 0 Å². The van der Waals surface area contributed by atoms with E-state index in [0.29, 0.717) is 5.56 Å². The molecule has 0 fully saturated rings. The maximum Gasteiger partial charge on any atom is 0.256 e. The summed E-state index contributed by atoms with van der Waals surface area (Å²) < 4.78 is 0. The average molecular weight is 296 g/mol. The van der Waals surface area contributed by atoms with E-state index in [1.165, 1.54) is 16.9 Å². The minimum Gasteiger partial charge on any atom is -0.322 e. The van der Waals surface area contributed by atoms with E-state index in [4.69, 9.17) is 0 Å².